The van der Waals surface area contributed by atoms with Crippen molar-refractivity contribution in [3.63, 3.8) is 0 Å². The molecule has 0 radical (unpaired) electrons. The molecule has 1 saturated heterocycles. The summed E-state index contributed by atoms with van der Waals surface area (Å²) in [5.74, 6) is 2.86. The maximum absolute atomic E-state index is 12.6. The number of amides is 2. The van der Waals surface area contributed by atoms with E-state index < -0.39 is 0 Å². The highest BCUT2D eigenvalue weighted by Crippen LogP contribution is 2.25. The second kappa shape index (κ2) is 6.26. The Labute approximate surface area is 132 Å². The number of carbonyl (C=O) groups excluding carboxylic acids is 1. The Morgan fingerprint density at radius 2 is 2.09 bits per heavy atom. The highest BCUT2D eigenvalue weighted by molar-refractivity contribution is 5.74. The lowest BCUT2D eigenvalue weighted by Gasteiger charge is -2.33. The molecule has 6 nitrogen and oxygen atoms in total. The molecule has 1 aromatic heterocycles. The number of fused-ring (bicyclic) bond motifs is 1. The van der Waals surface area contributed by atoms with Crippen LogP contribution in [-0.2, 0) is 13.0 Å². The molecule has 0 spiro atoms. The van der Waals surface area contributed by atoms with E-state index in [4.69, 9.17) is 0 Å². The quantitative estimate of drug-likeness (QED) is 0.932. The van der Waals surface area contributed by atoms with Gasteiger partial charge in [-0.05, 0) is 31.1 Å². The van der Waals surface area contributed by atoms with E-state index in [-0.39, 0.29) is 12.1 Å². The Kier molecular flexibility index (Phi) is 4.36. The van der Waals surface area contributed by atoms with Gasteiger partial charge in [0, 0.05) is 26.1 Å². The lowest BCUT2D eigenvalue weighted by Crippen LogP contribution is -2.47. The predicted octanol–water partition coefficient (Wildman–Crippen LogP) is 2.36. The molecule has 122 valence electrons. The minimum Gasteiger partial charge on any atom is -0.328 e. The Bertz CT molecular complexity index is 539. The first-order valence-electron chi connectivity index (χ1n) is 8.53. The summed E-state index contributed by atoms with van der Waals surface area (Å²) in [5, 5.41) is 11.8. The third-order valence-corrected chi connectivity index (χ3v) is 4.81. The lowest BCUT2D eigenvalue weighted by atomic mass is 10.0. The number of aryl methyl sites for hydroxylation is 1. The normalized spacial score (nSPS) is 22.7. The van der Waals surface area contributed by atoms with E-state index in [1.807, 2.05) is 4.90 Å². The average Bonchev–Trinajstić information content (AvgIpc) is 3.07. The zero-order chi connectivity index (χ0) is 15.7. The fourth-order valence-electron chi connectivity index (χ4n) is 3.53. The number of rotatable bonds is 3. The number of aromatic nitrogens is 3. The molecule has 0 aromatic carbocycles. The summed E-state index contributed by atoms with van der Waals surface area (Å²) in [5.41, 5.74) is 0. The summed E-state index contributed by atoms with van der Waals surface area (Å²) in [4.78, 5) is 14.6. The van der Waals surface area contributed by atoms with Gasteiger partial charge in [0.15, 0.2) is 5.82 Å². The van der Waals surface area contributed by atoms with Crippen molar-refractivity contribution in [1.82, 2.24) is 25.0 Å². The van der Waals surface area contributed by atoms with Gasteiger partial charge in [-0.15, -0.1) is 10.2 Å². The van der Waals surface area contributed by atoms with Crippen LogP contribution >= 0.6 is 0 Å². The molecule has 1 fully saturated rings. The minimum atomic E-state index is -0.0657. The van der Waals surface area contributed by atoms with E-state index >= 15 is 0 Å². The number of hydrogen-bond donors (Lipinski definition) is 1. The summed E-state index contributed by atoms with van der Waals surface area (Å²) >= 11 is 0. The molecule has 2 aliphatic rings. The molecule has 22 heavy (non-hydrogen) atoms. The summed E-state index contributed by atoms with van der Waals surface area (Å²) in [6.45, 7) is 9.15. The van der Waals surface area contributed by atoms with Crippen molar-refractivity contribution in [2.75, 3.05) is 13.1 Å². The molecule has 0 saturated carbocycles. The molecule has 2 atom stereocenters. The second-order valence-corrected chi connectivity index (χ2v) is 7.09. The Balaban J connectivity index is 1.73. The highest BCUT2D eigenvalue weighted by atomic mass is 16.2. The third-order valence-electron chi connectivity index (χ3n) is 4.81. The minimum absolute atomic E-state index is 0.0422. The molecule has 1 aromatic rings. The maximum Gasteiger partial charge on any atom is 0.318 e. The number of urea groups is 1. The van der Waals surface area contributed by atoms with Gasteiger partial charge in [0.2, 0.25) is 0 Å². The van der Waals surface area contributed by atoms with Crippen LogP contribution in [0.15, 0.2) is 0 Å². The second-order valence-electron chi connectivity index (χ2n) is 7.09. The van der Waals surface area contributed by atoms with Gasteiger partial charge in [0.1, 0.15) is 5.82 Å². The van der Waals surface area contributed by atoms with Crippen LogP contribution in [0.2, 0.25) is 0 Å². The molecule has 3 heterocycles. The molecule has 6 heteroatoms. The largest absolute Gasteiger partial charge is 0.328 e. The standard InChI is InChI=1S/C16H27N5O/c1-11(2)14(15-19-18-13-7-5-9-21(13)15)17-16(22)20-8-4-6-12(3)10-20/h11-12,14H,4-10H2,1-3H3,(H,17,22)/t12-,14+/m0/s1. The van der Waals surface area contributed by atoms with Crippen LogP contribution in [-0.4, -0.2) is 38.8 Å². The molecule has 0 aliphatic carbocycles. The lowest BCUT2D eigenvalue weighted by molar-refractivity contribution is 0.162. The summed E-state index contributed by atoms with van der Waals surface area (Å²) in [7, 11) is 0. The third kappa shape index (κ3) is 2.96. The van der Waals surface area contributed by atoms with Gasteiger partial charge >= 0.3 is 6.03 Å². The van der Waals surface area contributed by atoms with E-state index in [1.54, 1.807) is 0 Å². The summed E-state index contributed by atoms with van der Waals surface area (Å²) < 4.78 is 2.18. The number of piperidine rings is 1. The molecule has 1 N–H and O–H groups in total. The predicted molar refractivity (Wildman–Crippen MR) is 84.4 cm³/mol. The van der Waals surface area contributed by atoms with Gasteiger partial charge in [-0.2, -0.15) is 0 Å². The Hall–Kier alpha value is -1.59. The SMILES string of the molecule is CC(C)[C@@H](NC(=O)N1CCC[C@H](C)C1)c1nnc2n1CCC2. The Morgan fingerprint density at radius 1 is 1.27 bits per heavy atom. The zero-order valence-electron chi connectivity index (χ0n) is 13.9. The number of carbonyl (C=O) groups is 1. The first kappa shape index (κ1) is 15.3. The van der Waals surface area contributed by atoms with Gasteiger partial charge in [0.05, 0.1) is 6.04 Å². The molecular formula is C16H27N5O. The topological polar surface area (TPSA) is 63.1 Å². The number of nitrogens with one attached hydrogen (secondary N) is 1. The van der Waals surface area contributed by atoms with Crippen molar-refractivity contribution < 1.29 is 4.79 Å². The molecule has 0 unspecified atom stereocenters. The van der Waals surface area contributed by atoms with Crippen molar-refractivity contribution in [3.8, 4) is 0 Å². The number of likely N-dealkylation sites (tertiary alicyclic amines) is 1. The van der Waals surface area contributed by atoms with E-state index in [2.05, 4.69) is 40.9 Å². The summed E-state index contributed by atoms with van der Waals surface area (Å²) in [6.07, 6.45) is 4.44. The van der Waals surface area contributed by atoms with Crippen LogP contribution in [0.25, 0.3) is 0 Å². The van der Waals surface area contributed by atoms with Crippen LogP contribution in [0.4, 0.5) is 4.79 Å². The first-order chi connectivity index (χ1) is 10.6. The van der Waals surface area contributed by atoms with Crippen molar-refractivity contribution in [3.05, 3.63) is 11.6 Å². The molecular weight excluding hydrogens is 278 g/mol. The molecule has 2 amide bonds. The fourth-order valence-corrected chi connectivity index (χ4v) is 3.53. The van der Waals surface area contributed by atoms with Crippen LogP contribution < -0.4 is 5.32 Å². The maximum atomic E-state index is 12.6. The zero-order valence-corrected chi connectivity index (χ0v) is 13.9. The van der Waals surface area contributed by atoms with E-state index in [9.17, 15) is 4.79 Å². The molecule has 2 aliphatic heterocycles. The summed E-state index contributed by atoms with van der Waals surface area (Å²) in [6, 6.07) is -0.0234. The molecule has 0 bridgehead atoms. The van der Waals surface area contributed by atoms with Crippen LogP contribution in [0.5, 0.6) is 0 Å². The highest BCUT2D eigenvalue weighted by Gasteiger charge is 2.30. The number of hydrogen-bond acceptors (Lipinski definition) is 3. The van der Waals surface area contributed by atoms with Crippen LogP contribution in [0.1, 0.15) is 57.7 Å². The van der Waals surface area contributed by atoms with E-state index in [0.29, 0.717) is 11.8 Å². The van der Waals surface area contributed by atoms with Crippen molar-refractivity contribution in [2.45, 2.75) is 59.0 Å². The van der Waals surface area contributed by atoms with Gasteiger partial charge in [-0.3, -0.25) is 0 Å². The first-order valence-corrected chi connectivity index (χ1v) is 8.53. The van der Waals surface area contributed by atoms with Crippen molar-refractivity contribution in [2.24, 2.45) is 11.8 Å². The van der Waals surface area contributed by atoms with Gasteiger partial charge in [0.25, 0.3) is 0 Å². The van der Waals surface area contributed by atoms with Crippen LogP contribution in [0.3, 0.4) is 0 Å². The van der Waals surface area contributed by atoms with Crippen LogP contribution in [0, 0.1) is 11.8 Å². The monoisotopic (exact) mass is 305 g/mol. The van der Waals surface area contributed by atoms with Gasteiger partial charge in [-0.25, -0.2) is 4.79 Å². The van der Waals surface area contributed by atoms with Gasteiger partial charge in [-0.1, -0.05) is 20.8 Å². The average molecular weight is 305 g/mol. The smallest absolute Gasteiger partial charge is 0.318 e. The fraction of sp³-hybridized carbons (Fsp3) is 0.812. The van der Waals surface area contributed by atoms with Crippen molar-refractivity contribution in [1.29, 1.82) is 0 Å². The number of nitrogens with zero attached hydrogens (tertiary/aromatic N) is 4. The van der Waals surface area contributed by atoms with E-state index in [1.165, 1.54) is 6.42 Å². The Morgan fingerprint density at radius 3 is 2.82 bits per heavy atom. The molecule has 3 rings (SSSR count). The van der Waals surface area contributed by atoms with E-state index in [0.717, 1.165) is 50.5 Å². The van der Waals surface area contributed by atoms with Gasteiger partial charge < -0.3 is 14.8 Å². The van der Waals surface area contributed by atoms with Crippen molar-refractivity contribution >= 4 is 6.03 Å².